The van der Waals surface area contributed by atoms with Gasteiger partial charge in [-0.3, -0.25) is 9.59 Å². The zero-order valence-electron chi connectivity index (χ0n) is 18.0. The molecule has 0 atom stereocenters. The van der Waals surface area contributed by atoms with Crippen molar-refractivity contribution in [1.29, 1.82) is 0 Å². The van der Waals surface area contributed by atoms with Crippen LogP contribution in [0.1, 0.15) is 65.5 Å². The first-order valence-electron chi connectivity index (χ1n) is 10.3. The molecule has 160 valence electrons. The summed E-state index contributed by atoms with van der Waals surface area (Å²) in [5.74, 6) is -1.05. The minimum Gasteiger partial charge on any atom is -0.466 e. The maximum Gasteiger partial charge on any atom is 0.342 e. The highest BCUT2D eigenvalue weighted by Crippen LogP contribution is 2.40. The van der Waals surface area contributed by atoms with Crippen LogP contribution in [-0.2, 0) is 19.7 Å². The first-order valence-corrected chi connectivity index (χ1v) is 10.3. The van der Waals surface area contributed by atoms with E-state index in [0.717, 1.165) is 29.4 Å². The zero-order valence-corrected chi connectivity index (χ0v) is 18.0. The van der Waals surface area contributed by atoms with Crippen LogP contribution < -0.4 is 0 Å². The number of esters is 2. The lowest BCUT2D eigenvalue weighted by Crippen LogP contribution is -2.23. The van der Waals surface area contributed by atoms with Gasteiger partial charge in [-0.2, -0.15) is 0 Å². The lowest BCUT2D eigenvalue weighted by molar-refractivity contribution is -0.141. The van der Waals surface area contributed by atoms with Crippen molar-refractivity contribution in [3.05, 3.63) is 89.2 Å². The molecule has 1 aliphatic carbocycles. The van der Waals surface area contributed by atoms with Gasteiger partial charge in [-0.25, -0.2) is 4.79 Å². The zero-order chi connectivity index (χ0) is 22.4. The number of hydrogen-bond acceptors (Lipinski definition) is 5. The number of ether oxygens (including phenoxy) is 2. The Morgan fingerprint density at radius 3 is 2.48 bits per heavy atom. The second-order valence-electron chi connectivity index (χ2n) is 8.00. The van der Waals surface area contributed by atoms with E-state index >= 15 is 0 Å². The molecule has 0 saturated carbocycles. The van der Waals surface area contributed by atoms with Gasteiger partial charge >= 0.3 is 11.9 Å². The number of rotatable bonds is 7. The number of carbonyl (C=O) groups is 3. The molecule has 0 saturated heterocycles. The number of carbonyl (C=O) groups excluding carboxylic acids is 3. The lowest BCUT2D eigenvalue weighted by atomic mass is 9.72. The lowest BCUT2D eigenvalue weighted by Gasteiger charge is -2.32. The van der Waals surface area contributed by atoms with E-state index in [0.29, 0.717) is 17.7 Å². The molecule has 31 heavy (non-hydrogen) atoms. The number of hydrogen-bond donors (Lipinski definition) is 0. The molecule has 0 unspecified atom stereocenters. The summed E-state index contributed by atoms with van der Waals surface area (Å²) in [5, 5.41) is 0. The van der Waals surface area contributed by atoms with Gasteiger partial charge in [-0.15, -0.1) is 0 Å². The van der Waals surface area contributed by atoms with Gasteiger partial charge in [0.1, 0.15) is 0 Å². The van der Waals surface area contributed by atoms with E-state index in [9.17, 15) is 14.4 Å². The average Bonchev–Trinajstić information content (AvgIpc) is 2.76. The van der Waals surface area contributed by atoms with Gasteiger partial charge in [0, 0.05) is 11.6 Å². The molecule has 0 N–H and O–H groups in total. The Hall–Kier alpha value is -3.47. The Labute approximate surface area is 182 Å². The van der Waals surface area contributed by atoms with Crippen LogP contribution in [0.15, 0.2) is 66.9 Å². The summed E-state index contributed by atoms with van der Waals surface area (Å²) >= 11 is 0. The maximum absolute atomic E-state index is 12.6. The van der Waals surface area contributed by atoms with E-state index in [1.165, 1.54) is 6.08 Å². The highest BCUT2D eigenvalue weighted by atomic mass is 16.5. The molecule has 0 radical (unpaired) electrons. The number of ketones is 1. The van der Waals surface area contributed by atoms with Crippen molar-refractivity contribution in [1.82, 2.24) is 0 Å². The monoisotopic (exact) mass is 418 g/mol. The molecule has 0 spiro atoms. The first kappa shape index (κ1) is 22.2. The summed E-state index contributed by atoms with van der Waals surface area (Å²) < 4.78 is 10.1. The summed E-state index contributed by atoms with van der Waals surface area (Å²) in [5.41, 5.74) is 3.62. The molecular formula is C26H26O5. The van der Waals surface area contributed by atoms with Crippen LogP contribution in [-0.4, -0.2) is 24.3 Å². The highest BCUT2D eigenvalue weighted by Gasteiger charge is 2.29. The Morgan fingerprint density at radius 1 is 1.03 bits per heavy atom. The van der Waals surface area contributed by atoms with Crippen LogP contribution >= 0.6 is 0 Å². The fourth-order valence-corrected chi connectivity index (χ4v) is 3.57. The predicted octanol–water partition coefficient (Wildman–Crippen LogP) is 5.26. The van der Waals surface area contributed by atoms with Crippen molar-refractivity contribution in [3.63, 3.8) is 0 Å². The summed E-state index contributed by atoms with van der Waals surface area (Å²) in [6.45, 7) is 6.34. The van der Waals surface area contributed by atoms with E-state index in [-0.39, 0.29) is 23.6 Å². The smallest absolute Gasteiger partial charge is 0.342 e. The van der Waals surface area contributed by atoms with Crippen LogP contribution in [0.25, 0.3) is 5.57 Å². The maximum atomic E-state index is 12.6. The molecule has 3 rings (SSSR count). The molecule has 2 aromatic carbocycles. The molecule has 0 aliphatic heterocycles. The average molecular weight is 418 g/mol. The summed E-state index contributed by atoms with van der Waals surface area (Å²) in [6.07, 6.45) is 5.41. The normalized spacial score (nSPS) is 14.5. The predicted molar refractivity (Wildman–Crippen MR) is 119 cm³/mol. The van der Waals surface area contributed by atoms with Gasteiger partial charge in [0.2, 0.25) is 0 Å². The largest absolute Gasteiger partial charge is 0.466 e. The van der Waals surface area contributed by atoms with E-state index in [1.54, 1.807) is 43.3 Å². The molecule has 0 fully saturated rings. The van der Waals surface area contributed by atoms with Crippen molar-refractivity contribution >= 4 is 23.3 Å². The Bertz CT molecular complexity index is 1040. The van der Waals surface area contributed by atoms with Crippen molar-refractivity contribution in [2.45, 2.75) is 39.0 Å². The van der Waals surface area contributed by atoms with Gasteiger partial charge in [0.15, 0.2) is 5.78 Å². The number of benzene rings is 2. The van der Waals surface area contributed by atoms with Crippen molar-refractivity contribution in [2.75, 3.05) is 6.61 Å². The molecule has 0 bridgehead atoms. The van der Waals surface area contributed by atoms with Crippen molar-refractivity contribution < 1.29 is 23.9 Å². The van der Waals surface area contributed by atoms with E-state index < -0.39 is 5.97 Å². The first-order chi connectivity index (χ1) is 14.8. The van der Waals surface area contributed by atoms with Gasteiger partial charge in [-0.05, 0) is 53.7 Å². The van der Waals surface area contributed by atoms with Gasteiger partial charge in [0.25, 0.3) is 0 Å². The van der Waals surface area contributed by atoms with Crippen LogP contribution in [0, 0.1) is 0 Å². The van der Waals surface area contributed by atoms with E-state index in [2.05, 4.69) is 19.9 Å². The molecule has 0 aromatic heterocycles. The number of fused-ring (bicyclic) bond motifs is 1. The van der Waals surface area contributed by atoms with Crippen molar-refractivity contribution in [3.8, 4) is 0 Å². The molecule has 5 heteroatoms. The fraction of sp³-hybridized carbons (Fsp3) is 0.269. The molecule has 5 nitrogen and oxygen atoms in total. The van der Waals surface area contributed by atoms with E-state index in [4.69, 9.17) is 9.47 Å². The SMILES string of the molecule is CCOC(=O)CC1=CCC(C)(C)c2cc(C(=O)C=COC(=O)c3ccccc3)ccc21. The van der Waals surface area contributed by atoms with Gasteiger partial charge in [-0.1, -0.05) is 50.3 Å². The number of allylic oxidation sites excluding steroid dienone is 2. The van der Waals surface area contributed by atoms with Gasteiger partial charge < -0.3 is 9.47 Å². The summed E-state index contributed by atoms with van der Waals surface area (Å²) in [6, 6.07) is 14.0. The third-order valence-electron chi connectivity index (χ3n) is 5.28. The quantitative estimate of drug-likeness (QED) is 0.266. The second-order valence-corrected chi connectivity index (χ2v) is 8.00. The fourth-order valence-electron chi connectivity index (χ4n) is 3.57. The Balaban J connectivity index is 1.76. The van der Waals surface area contributed by atoms with Crippen LogP contribution in [0.4, 0.5) is 0 Å². The topological polar surface area (TPSA) is 69.7 Å². The standard InChI is InChI=1S/C26H26O5/c1-4-30-24(28)17-19-12-14-26(2,3)22-16-20(10-11-21(19)22)23(27)13-15-31-25(29)18-8-6-5-7-9-18/h5-13,15-16H,4,14,17H2,1-3H3. The second kappa shape index (κ2) is 9.56. The molecule has 2 aromatic rings. The molecule has 0 heterocycles. The minimum absolute atomic E-state index is 0.173. The summed E-state index contributed by atoms with van der Waals surface area (Å²) in [4.78, 5) is 36.6. The Morgan fingerprint density at radius 2 is 1.77 bits per heavy atom. The third-order valence-corrected chi connectivity index (χ3v) is 5.28. The third kappa shape index (κ3) is 5.37. The van der Waals surface area contributed by atoms with Crippen LogP contribution in [0.2, 0.25) is 0 Å². The molecular weight excluding hydrogens is 392 g/mol. The minimum atomic E-state index is -0.523. The molecule has 1 aliphatic rings. The van der Waals surface area contributed by atoms with Gasteiger partial charge in [0.05, 0.1) is 24.9 Å². The molecule has 0 amide bonds. The van der Waals surface area contributed by atoms with E-state index in [1.807, 2.05) is 12.1 Å². The Kier molecular flexibility index (Phi) is 6.85. The van der Waals surface area contributed by atoms with Crippen LogP contribution in [0.3, 0.4) is 0 Å². The highest BCUT2D eigenvalue weighted by molar-refractivity contribution is 6.05. The van der Waals surface area contributed by atoms with Crippen LogP contribution in [0.5, 0.6) is 0 Å². The summed E-state index contributed by atoms with van der Waals surface area (Å²) in [7, 11) is 0. The van der Waals surface area contributed by atoms with Crippen molar-refractivity contribution in [2.24, 2.45) is 0 Å².